The molecule has 0 bridgehead atoms. The molecule has 7 heteroatoms. The second-order valence-electron chi connectivity index (χ2n) is 7.66. The lowest BCUT2D eigenvalue weighted by molar-refractivity contribution is 0.0887. The predicted molar refractivity (Wildman–Crippen MR) is 121 cm³/mol. The average Bonchev–Trinajstić information content (AvgIpc) is 3.33. The van der Waals surface area contributed by atoms with E-state index in [1.165, 1.54) is 25.7 Å². The first-order chi connectivity index (χ1) is 12.8. The molecule has 1 heterocycles. The van der Waals surface area contributed by atoms with Gasteiger partial charge < -0.3 is 24.8 Å². The van der Waals surface area contributed by atoms with Crippen LogP contribution >= 0.6 is 24.0 Å². The van der Waals surface area contributed by atoms with Crippen molar-refractivity contribution in [2.24, 2.45) is 16.3 Å². The molecule has 0 radical (unpaired) electrons. The molecule has 0 aromatic heterocycles. The van der Waals surface area contributed by atoms with Gasteiger partial charge in [-0.1, -0.05) is 12.8 Å². The molecule has 160 valence electrons. The first-order valence-corrected chi connectivity index (χ1v) is 10.5. The number of halogens is 1. The van der Waals surface area contributed by atoms with E-state index in [2.05, 4.69) is 22.5 Å². The molecule has 1 atom stereocenters. The van der Waals surface area contributed by atoms with E-state index >= 15 is 0 Å². The largest absolute Gasteiger partial charge is 0.382 e. The van der Waals surface area contributed by atoms with Crippen LogP contribution in [0, 0.1) is 11.3 Å². The van der Waals surface area contributed by atoms with Gasteiger partial charge in [-0.2, -0.15) is 0 Å². The predicted octanol–water partition coefficient (Wildman–Crippen LogP) is 3.20. The number of nitrogens with zero attached hydrogens (tertiary/aromatic N) is 1. The summed E-state index contributed by atoms with van der Waals surface area (Å²) in [5.74, 6) is 1.49. The first-order valence-electron chi connectivity index (χ1n) is 10.5. The first kappa shape index (κ1) is 24.9. The van der Waals surface area contributed by atoms with Crippen LogP contribution in [0.15, 0.2) is 4.99 Å². The van der Waals surface area contributed by atoms with E-state index in [0.717, 1.165) is 78.0 Å². The van der Waals surface area contributed by atoms with Crippen molar-refractivity contribution in [3.05, 3.63) is 0 Å². The van der Waals surface area contributed by atoms with Gasteiger partial charge in [0.2, 0.25) is 0 Å². The lowest BCUT2D eigenvalue weighted by Crippen LogP contribution is -2.43. The molecule has 0 amide bonds. The van der Waals surface area contributed by atoms with E-state index in [0.29, 0.717) is 11.3 Å². The van der Waals surface area contributed by atoms with Gasteiger partial charge in [0.15, 0.2) is 5.96 Å². The van der Waals surface area contributed by atoms with Crippen LogP contribution in [0.1, 0.15) is 51.9 Å². The third-order valence-corrected chi connectivity index (χ3v) is 5.63. The lowest BCUT2D eigenvalue weighted by Gasteiger charge is -2.30. The Morgan fingerprint density at radius 1 is 1.19 bits per heavy atom. The third-order valence-electron chi connectivity index (χ3n) is 5.63. The van der Waals surface area contributed by atoms with Crippen LogP contribution in [0.2, 0.25) is 0 Å². The van der Waals surface area contributed by atoms with E-state index in [1.54, 1.807) is 0 Å². The zero-order valence-electron chi connectivity index (χ0n) is 17.3. The van der Waals surface area contributed by atoms with Gasteiger partial charge in [0.05, 0.1) is 13.2 Å². The molecular weight excluding hydrogens is 457 g/mol. The van der Waals surface area contributed by atoms with Crippen molar-refractivity contribution in [3.63, 3.8) is 0 Å². The lowest BCUT2D eigenvalue weighted by atomic mass is 9.83. The van der Waals surface area contributed by atoms with Crippen molar-refractivity contribution in [3.8, 4) is 0 Å². The van der Waals surface area contributed by atoms with Crippen molar-refractivity contribution >= 4 is 29.9 Å². The molecule has 27 heavy (non-hydrogen) atoms. The van der Waals surface area contributed by atoms with Gasteiger partial charge in [0.25, 0.3) is 0 Å². The van der Waals surface area contributed by atoms with Crippen LogP contribution in [0.3, 0.4) is 0 Å². The van der Waals surface area contributed by atoms with Gasteiger partial charge in [-0.05, 0) is 44.4 Å². The fourth-order valence-electron chi connectivity index (χ4n) is 3.91. The maximum absolute atomic E-state index is 5.75. The van der Waals surface area contributed by atoms with E-state index in [1.807, 2.05) is 7.05 Å². The number of hydrogen-bond acceptors (Lipinski definition) is 4. The summed E-state index contributed by atoms with van der Waals surface area (Å²) in [6.07, 6.45) is 8.53. The summed E-state index contributed by atoms with van der Waals surface area (Å²) in [7, 11) is 1.84. The Kier molecular flexibility index (Phi) is 13.7. The summed E-state index contributed by atoms with van der Waals surface area (Å²) in [5.41, 5.74) is 0.374. The molecule has 0 aromatic carbocycles. The smallest absolute Gasteiger partial charge is 0.190 e. The molecule has 1 aliphatic heterocycles. The van der Waals surface area contributed by atoms with Crippen molar-refractivity contribution in [1.82, 2.24) is 10.6 Å². The number of rotatable bonds is 12. The number of nitrogens with one attached hydrogen (secondary N) is 2. The molecule has 1 aliphatic carbocycles. The molecule has 0 spiro atoms. The minimum atomic E-state index is 0. The molecule has 6 nitrogen and oxygen atoms in total. The highest BCUT2D eigenvalue weighted by Gasteiger charge is 2.33. The Morgan fingerprint density at radius 2 is 2.00 bits per heavy atom. The quantitative estimate of drug-likeness (QED) is 0.188. The van der Waals surface area contributed by atoms with Crippen molar-refractivity contribution in [2.45, 2.75) is 51.9 Å². The Hall–Kier alpha value is -0.120. The van der Waals surface area contributed by atoms with Crippen LogP contribution in [-0.2, 0) is 14.2 Å². The van der Waals surface area contributed by atoms with Crippen LogP contribution in [-0.4, -0.2) is 65.7 Å². The van der Waals surface area contributed by atoms with Crippen molar-refractivity contribution in [2.75, 3.05) is 59.8 Å². The molecule has 2 rings (SSSR count). The van der Waals surface area contributed by atoms with E-state index < -0.39 is 0 Å². The number of guanidine groups is 1. The second kappa shape index (κ2) is 14.8. The highest BCUT2D eigenvalue weighted by atomic mass is 127. The van der Waals surface area contributed by atoms with E-state index in [4.69, 9.17) is 14.2 Å². The maximum Gasteiger partial charge on any atom is 0.190 e. The molecule has 1 saturated carbocycles. The summed E-state index contributed by atoms with van der Waals surface area (Å²) >= 11 is 0. The topological polar surface area (TPSA) is 64.1 Å². The Bertz CT molecular complexity index is 398. The van der Waals surface area contributed by atoms with Crippen molar-refractivity contribution in [1.29, 1.82) is 0 Å². The number of hydrogen-bond donors (Lipinski definition) is 2. The maximum atomic E-state index is 5.75. The van der Waals surface area contributed by atoms with Gasteiger partial charge in [-0.15, -0.1) is 24.0 Å². The highest BCUT2D eigenvalue weighted by molar-refractivity contribution is 14.0. The minimum Gasteiger partial charge on any atom is -0.382 e. The number of aliphatic imine (C=N–C) groups is 1. The second-order valence-corrected chi connectivity index (χ2v) is 7.66. The minimum absolute atomic E-state index is 0. The molecule has 1 unspecified atom stereocenters. The fourth-order valence-corrected chi connectivity index (χ4v) is 3.91. The summed E-state index contributed by atoms with van der Waals surface area (Å²) in [6, 6.07) is 0. The van der Waals surface area contributed by atoms with Gasteiger partial charge in [-0.25, -0.2) is 0 Å². The zero-order chi connectivity index (χ0) is 18.5. The SMILES string of the molecule is CCOCCC1(CNC(=NC)NCCCOCC2CCOC2)CCCC1.I. The fraction of sp³-hybridized carbons (Fsp3) is 0.950. The summed E-state index contributed by atoms with van der Waals surface area (Å²) < 4.78 is 16.7. The summed E-state index contributed by atoms with van der Waals surface area (Å²) in [4.78, 5) is 4.36. The monoisotopic (exact) mass is 497 g/mol. The van der Waals surface area contributed by atoms with Gasteiger partial charge in [-0.3, -0.25) is 4.99 Å². The van der Waals surface area contributed by atoms with Gasteiger partial charge >= 0.3 is 0 Å². The molecule has 1 saturated heterocycles. The Morgan fingerprint density at radius 3 is 2.67 bits per heavy atom. The average molecular weight is 497 g/mol. The molecule has 2 fully saturated rings. The standard InChI is InChI=1S/C20H39N3O3.HI/c1-3-24-14-10-20(8-4-5-9-20)17-23-19(21-2)22-11-6-12-25-15-18-7-13-26-16-18;/h18H,3-17H2,1-2H3,(H2,21,22,23);1H. The van der Waals surface area contributed by atoms with Gasteiger partial charge in [0, 0.05) is 52.5 Å². The third kappa shape index (κ3) is 9.76. The summed E-state index contributed by atoms with van der Waals surface area (Å²) in [6.45, 7) is 8.98. The number of ether oxygens (including phenoxy) is 3. The normalized spacial score (nSPS) is 21.9. The molecular formula is C20H40IN3O3. The van der Waals surface area contributed by atoms with Gasteiger partial charge in [0.1, 0.15) is 0 Å². The van der Waals surface area contributed by atoms with E-state index in [-0.39, 0.29) is 24.0 Å². The molecule has 2 N–H and O–H groups in total. The van der Waals surface area contributed by atoms with E-state index in [9.17, 15) is 0 Å². The molecule has 0 aromatic rings. The van der Waals surface area contributed by atoms with Crippen molar-refractivity contribution < 1.29 is 14.2 Å². The molecule has 2 aliphatic rings. The van der Waals surface area contributed by atoms with Crippen LogP contribution in [0.4, 0.5) is 0 Å². The summed E-state index contributed by atoms with van der Waals surface area (Å²) in [5, 5.41) is 6.95. The van der Waals surface area contributed by atoms with Crippen LogP contribution < -0.4 is 10.6 Å². The zero-order valence-corrected chi connectivity index (χ0v) is 19.6. The van der Waals surface area contributed by atoms with Crippen LogP contribution in [0.5, 0.6) is 0 Å². The Balaban J connectivity index is 0.00000364. The Labute approximate surface area is 182 Å². The van der Waals surface area contributed by atoms with Crippen LogP contribution in [0.25, 0.3) is 0 Å². The highest BCUT2D eigenvalue weighted by Crippen LogP contribution is 2.40.